The van der Waals surface area contributed by atoms with Gasteiger partial charge in [-0.1, -0.05) is 32.1 Å². The molecule has 4 N–H and O–H groups in total. The standard InChI is InChI=1S/C17H27N3O/c1-2-19-17(21)13-10-11-16(15(18)12-13)20-14-8-6-4-3-5-7-9-14/h10-12,14,20H,2-9,18H2,1H3,(H,19,21). The molecule has 2 rings (SSSR count). The summed E-state index contributed by atoms with van der Waals surface area (Å²) < 4.78 is 0. The van der Waals surface area contributed by atoms with E-state index < -0.39 is 0 Å². The Hall–Kier alpha value is -1.71. The first-order valence-electron chi connectivity index (χ1n) is 8.15. The second-order valence-corrected chi connectivity index (χ2v) is 5.85. The maximum absolute atomic E-state index is 11.8. The minimum Gasteiger partial charge on any atom is -0.397 e. The van der Waals surface area contributed by atoms with Crippen molar-refractivity contribution in [1.29, 1.82) is 0 Å². The van der Waals surface area contributed by atoms with Crippen LogP contribution in [0, 0.1) is 0 Å². The van der Waals surface area contributed by atoms with Gasteiger partial charge in [-0.2, -0.15) is 0 Å². The molecular formula is C17H27N3O. The van der Waals surface area contributed by atoms with Crippen molar-refractivity contribution in [3.8, 4) is 0 Å². The highest BCUT2D eigenvalue weighted by Gasteiger charge is 2.13. The lowest BCUT2D eigenvalue weighted by Gasteiger charge is -2.23. The first-order chi connectivity index (χ1) is 10.2. The Labute approximate surface area is 127 Å². The molecule has 0 unspecified atom stereocenters. The van der Waals surface area contributed by atoms with Gasteiger partial charge in [0.05, 0.1) is 11.4 Å². The van der Waals surface area contributed by atoms with Crippen LogP contribution in [0.2, 0.25) is 0 Å². The molecule has 0 aromatic heterocycles. The lowest BCUT2D eigenvalue weighted by Crippen LogP contribution is -2.23. The minimum atomic E-state index is -0.0679. The van der Waals surface area contributed by atoms with Crippen molar-refractivity contribution in [3.63, 3.8) is 0 Å². The topological polar surface area (TPSA) is 67.2 Å². The fourth-order valence-corrected chi connectivity index (χ4v) is 2.92. The molecule has 1 aliphatic rings. The van der Waals surface area contributed by atoms with Gasteiger partial charge >= 0.3 is 0 Å². The highest BCUT2D eigenvalue weighted by atomic mass is 16.1. The molecule has 1 fully saturated rings. The van der Waals surface area contributed by atoms with Gasteiger partial charge < -0.3 is 16.4 Å². The van der Waals surface area contributed by atoms with E-state index in [1.165, 1.54) is 44.9 Å². The summed E-state index contributed by atoms with van der Waals surface area (Å²) in [6, 6.07) is 6.03. The second kappa shape index (κ2) is 7.91. The number of carbonyl (C=O) groups excluding carboxylic acids is 1. The molecule has 1 aliphatic carbocycles. The van der Waals surface area contributed by atoms with Crippen molar-refractivity contribution < 1.29 is 4.79 Å². The number of carbonyl (C=O) groups is 1. The van der Waals surface area contributed by atoms with E-state index in [1.807, 2.05) is 19.1 Å². The second-order valence-electron chi connectivity index (χ2n) is 5.85. The fourth-order valence-electron chi connectivity index (χ4n) is 2.92. The third kappa shape index (κ3) is 4.66. The number of nitrogen functional groups attached to an aromatic ring is 1. The van der Waals surface area contributed by atoms with Gasteiger partial charge in [-0.15, -0.1) is 0 Å². The van der Waals surface area contributed by atoms with Gasteiger partial charge in [-0.3, -0.25) is 4.79 Å². The zero-order chi connectivity index (χ0) is 15.1. The van der Waals surface area contributed by atoms with Gasteiger partial charge in [-0.25, -0.2) is 0 Å². The fraction of sp³-hybridized carbons (Fsp3) is 0.588. The van der Waals surface area contributed by atoms with E-state index in [-0.39, 0.29) is 5.91 Å². The molecule has 0 spiro atoms. The highest BCUT2D eigenvalue weighted by molar-refractivity contribution is 5.96. The maximum Gasteiger partial charge on any atom is 0.251 e. The number of hydrogen-bond acceptors (Lipinski definition) is 3. The lowest BCUT2D eigenvalue weighted by molar-refractivity contribution is 0.0956. The molecular weight excluding hydrogens is 262 g/mol. The molecule has 4 heteroatoms. The predicted octanol–water partition coefficient (Wildman–Crippen LogP) is 3.54. The normalized spacial score (nSPS) is 16.8. The van der Waals surface area contributed by atoms with Gasteiger partial charge in [0, 0.05) is 18.2 Å². The van der Waals surface area contributed by atoms with Crippen molar-refractivity contribution >= 4 is 17.3 Å². The molecule has 0 atom stereocenters. The Bertz CT molecular complexity index is 465. The third-order valence-corrected chi connectivity index (χ3v) is 4.12. The quantitative estimate of drug-likeness (QED) is 0.743. The molecule has 116 valence electrons. The molecule has 0 bridgehead atoms. The monoisotopic (exact) mass is 289 g/mol. The van der Waals surface area contributed by atoms with E-state index in [4.69, 9.17) is 5.73 Å². The first-order valence-corrected chi connectivity index (χ1v) is 8.15. The van der Waals surface area contributed by atoms with Crippen LogP contribution < -0.4 is 16.4 Å². The Balaban J connectivity index is 2.01. The smallest absolute Gasteiger partial charge is 0.251 e. The molecule has 0 heterocycles. The SMILES string of the molecule is CCNC(=O)c1ccc(NC2CCCCCCC2)c(N)c1. The predicted molar refractivity (Wildman–Crippen MR) is 88.6 cm³/mol. The van der Waals surface area contributed by atoms with E-state index in [9.17, 15) is 4.79 Å². The number of amides is 1. The van der Waals surface area contributed by atoms with Crippen molar-refractivity contribution in [3.05, 3.63) is 23.8 Å². The zero-order valence-corrected chi connectivity index (χ0v) is 13.0. The van der Waals surface area contributed by atoms with Crippen molar-refractivity contribution in [2.24, 2.45) is 0 Å². The van der Waals surface area contributed by atoms with E-state index >= 15 is 0 Å². The first kappa shape index (κ1) is 15.7. The average molecular weight is 289 g/mol. The number of benzene rings is 1. The van der Waals surface area contributed by atoms with Crippen LogP contribution in [0.3, 0.4) is 0 Å². The molecule has 1 saturated carbocycles. The summed E-state index contributed by atoms with van der Waals surface area (Å²) in [7, 11) is 0. The number of rotatable bonds is 4. The van der Waals surface area contributed by atoms with E-state index in [0.29, 0.717) is 23.8 Å². The van der Waals surface area contributed by atoms with Crippen LogP contribution in [0.15, 0.2) is 18.2 Å². The van der Waals surface area contributed by atoms with Crippen LogP contribution >= 0.6 is 0 Å². The van der Waals surface area contributed by atoms with Crippen molar-refractivity contribution in [2.75, 3.05) is 17.6 Å². The van der Waals surface area contributed by atoms with Crippen LogP contribution in [0.1, 0.15) is 62.2 Å². The van der Waals surface area contributed by atoms with Crippen LogP contribution in [0.5, 0.6) is 0 Å². The summed E-state index contributed by atoms with van der Waals surface area (Å²) in [5.74, 6) is -0.0679. The summed E-state index contributed by atoms with van der Waals surface area (Å²) in [6.45, 7) is 2.53. The van der Waals surface area contributed by atoms with E-state index in [0.717, 1.165) is 5.69 Å². The average Bonchev–Trinajstić information content (AvgIpc) is 2.43. The number of hydrogen-bond donors (Lipinski definition) is 3. The Morgan fingerprint density at radius 2 is 1.86 bits per heavy atom. The maximum atomic E-state index is 11.8. The van der Waals surface area contributed by atoms with Crippen LogP contribution in [-0.4, -0.2) is 18.5 Å². The van der Waals surface area contributed by atoms with Crippen molar-refractivity contribution in [2.45, 2.75) is 57.9 Å². The van der Waals surface area contributed by atoms with Gasteiger partial charge in [0.1, 0.15) is 0 Å². The largest absolute Gasteiger partial charge is 0.397 e. The van der Waals surface area contributed by atoms with Gasteiger partial charge in [-0.05, 0) is 38.0 Å². The molecule has 21 heavy (non-hydrogen) atoms. The zero-order valence-electron chi connectivity index (χ0n) is 13.0. The number of nitrogens with two attached hydrogens (primary N) is 1. The number of anilines is 2. The van der Waals surface area contributed by atoms with E-state index in [2.05, 4.69) is 10.6 Å². The lowest BCUT2D eigenvalue weighted by atomic mass is 9.96. The van der Waals surface area contributed by atoms with Gasteiger partial charge in [0.25, 0.3) is 5.91 Å². The molecule has 0 saturated heterocycles. The summed E-state index contributed by atoms with van der Waals surface area (Å²) >= 11 is 0. The highest BCUT2D eigenvalue weighted by Crippen LogP contribution is 2.25. The molecule has 1 aromatic carbocycles. The summed E-state index contributed by atoms with van der Waals surface area (Å²) in [5, 5.41) is 6.35. The van der Waals surface area contributed by atoms with Crippen LogP contribution in [0.4, 0.5) is 11.4 Å². The summed E-state index contributed by atoms with van der Waals surface area (Å²) in [5.41, 5.74) is 8.33. The molecule has 1 amide bonds. The number of nitrogens with one attached hydrogen (secondary N) is 2. The molecule has 1 aromatic rings. The summed E-state index contributed by atoms with van der Waals surface area (Å²) in [4.78, 5) is 11.8. The van der Waals surface area contributed by atoms with Gasteiger partial charge in [0.15, 0.2) is 0 Å². The summed E-state index contributed by atoms with van der Waals surface area (Å²) in [6.07, 6.45) is 9.03. The minimum absolute atomic E-state index is 0.0679. The molecule has 0 radical (unpaired) electrons. The Morgan fingerprint density at radius 3 is 2.48 bits per heavy atom. The van der Waals surface area contributed by atoms with Gasteiger partial charge in [0.2, 0.25) is 0 Å². The van der Waals surface area contributed by atoms with Crippen LogP contribution in [-0.2, 0) is 0 Å². The van der Waals surface area contributed by atoms with Crippen LogP contribution in [0.25, 0.3) is 0 Å². The molecule has 4 nitrogen and oxygen atoms in total. The Morgan fingerprint density at radius 1 is 1.19 bits per heavy atom. The Kier molecular flexibility index (Phi) is 5.90. The van der Waals surface area contributed by atoms with Crippen molar-refractivity contribution in [1.82, 2.24) is 5.32 Å². The molecule has 0 aliphatic heterocycles. The third-order valence-electron chi connectivity index (χ3n) is 4.12. The van der Waals surface area contributed by atoms with E-state index in [1.54, 1.807) is 6.07 Å².